The molecule has 3 heteroatoms. The molecule has 1 N–H and O–H groups in total. The lowest BCUT2D eigenvalue weighted by atomic mass is 10.2. The summed E-state index contributed by atoms with van der Waals surface area (Å²) in [5.74, 6) is 0. The number of hydrogen-bond donors (Lipinski definition) is 1. The fourth-order valence-corrected chi connectivity index (χ4v) is 4.11. The van der Waals surface area contributed by atoms with Gasteiger partial charge in [0.25, 0.3) is 0 Å². The molecule has 3 aromatic rings. The van der Waals surface area contributed by atoms with E-state index in [2.05, 4.69) is 72.2 Å². The third kappa shape index (κ3) is 4.03. The highest BCUT2D eigenvalue weighted by Crippen LogP contribution is 2.27. The fraction of sp³-hybridized carbons (Fsp3) is 0.222. The largest absolute Gasteiger partial charge is 0.309 e. The molecule has 1 aromatic carbocycles. The first kappa shape index (κ1) is 14.5. The van der Waals surface area contributed by atoms with Gasteiger partial charge in [-0.3, -0.25) is 0 Å². The predicted octanol–water partition coefficient (Wildman–Crippen LogP) is 5.20. The quantitative estimate of drug-likeness (QED) is 0.660. The van der Waals surface area contributed by atoms with Gasteiger partial charge in [-0.05, 0) is 42.5 Å². The molecule has 2 aromatic heterocycles. The normalized spacial score (nSPS) is 12.4. The molecule has 0 bridgehead atoms. The van der Waals surface area contributed by atoms with Crippen molar-refractivity contribution in [3.63, 3.8) is 0 Å². The molecule has 1 unspecified atom stereocenters. The van der Waals surface area contributed by atoms with E-state index >= 15 is 0 Å². The van der Waals surface area contributed by atoms with Crippen LogP contribution in [0.1, 0.15) is 16.7 Å². The first-order chi connectivity index (χ1) is 10.3. The molecule has 0 aliphatic carbocycles. The van der Waals surface area contributed by atoms with Crippen molar-refractivity contribution in [1.29, 1.82) is 0 Å². The maximum atomic E-state index is 3.62. The number of thiophene rings is 2. The lowest BCUT2D eigenvalue weighted by Crippen LogP contribution is -2.26. The molecule has 0 aliphatic heterocycles. The average Bonchev–Trinajstić information content (AvgIpc) is 3.17. The second-order valence-electron chi connectivity index (χ2n) is 5.20. The topological polar surface area (TPSA) is 12.0 Å². The Bertz CT molecular complexity index is 656. The van der Waals surface area contributed by atoms with E-state index in [0.29, 0.717) is 6.04 Å². The Morgan fingerprint density at radius 3 is 2.57 bits per heavy atom. The maximum absolute atomic E-state index is 3.62. The number of hydrogen-bond acceptors (Lipinski definition) is 3. The van der Waals surface area contributed by atoms with E-state index in [1.807, 2.05) is 22.7 Å². The SMILES string of the molecule is CC(Cc1cccs1)NCc1ccc(-c2ccccc2)s1. The van der Waals surface area contributed by atoms with E-state index in [1.165, 1.54) is 20.2 Å². The number of rotatable bonds is 6. The van der Waals surface area contributed by atoms with E-state index in [9.17, 15) is 0 Å². The van der Waals surface area contributed by atoms with Crippen LogP contribution < -0.4 is 5.32 Å². The highest BCUT2D eigenvalue weighted by Gasteiger charge is 2.06. The molecular weight excluding hydrogens is 294 g/mol. The van der Waals surface area contributed by atoms with Gasteiger partial charge in [-0.15, -0.1) is 22.7 Å². The number of nitrogens with one attached hydrogen (secondary N) is 1. The summed E-state index contributed by atoms with van der Waals surface area (Å²) in [4.78, 5) is 4.19. The van der Waals surface area contributed by atoms with Crippen LogP contribution in [0.25, 0.3) is 10.4 Å². The van der Waals surface area contributed by atoms with Gasteiger partial charge in [0.15, 0.2) is 0 Å². The Balaban J connectivity index is 1.55. The highest BCUT2D eigenvalue weighted by molar-refractivity contribution is 7.15. The zero-order valence-corrected chi connectivity index (χ0v) is 13.7. The first-order valence-corrected chi connectivity index (χ1v) is 8.91. The molecule has 3 rings (SSSR count). The summed E-state index contributed by atoms with van der Waals surface area (Å²) in [6.07, 6.45) is 1.11. The Morgan fingerprint density at radius 1 is 0.952 bits per heavy atom. The van der Waals surface area contributed by atoms with E-state index in [0.717, 1.165) is 13.0 Å². The van der Waals surface area contributed by atoms with Crippen LogP contribution in [0.5, 0.6) is 0 Å². The maximum Gasteiger partial charge on any atom is 0.0346 e. The van der Waals surface area contributed by atoms with Gasteiger partial charge in [0.1, 0.15) is 0 Å². The minimum Gasteiger partial charge on any atom is -0.309 e. The summed E-state index contributed by atoms with van der Waals surface area (Å²) in [6.45, 7) is 3.20. The van der Waals surface area contributed by atoms with E-state index in [-0.39, 0.29) is 0 Å². The van der Waals surface area contributed by atoms with Crippen molar-refractivity contribution in [1.82, 2.24) is 5.32 Å². The molecule has 1 atom stereocenters. The van der Waals surface area contributed by atoms with Gasteiger partial charge in [0.2, 0.25) is 0 Å². The van der Waals surface area contributed by atoms with Crippen LogP contribution in [-0.2, 0) is 13.0 Å². The lowest BCUT2D eigenvalue weighted by Gasteiger charge is -2.11. The summed E-state index contributed by atoms with van der Waals surface area (Å²) in [7, 11) is 0. The molecule has 21 heavy (non-hydrogen) atoms. The predicted molar refractivity (Wildman–Crippen MR) is 94.1 cm³/mol. The van der Waals surface area contributed by atoms with Crippen molar-refractivity contribution in [3.8, 4) is 10.4 Å². The van der Waals surface area contributed by atoms with Crippen LogP contribution in [0.15, 0.2) is 60.0 Å². The summed E-state index contributed by atoms with van der Waals surface area (Å²) in [5.41, 5.74) is 1.31. The first-order valence-electron chi connectivity index (χ1n) is 7.21. The monoisotopic (exact) mass is 313 g/mol. The Hall–Kier alpha value is -1.42. The molecule has 0 spiro atoms. The van der Waals surface area contributed by atoms with Crippen molar-refractivity contribution in [2.24, 2.45) is 0 Å². The molecule has 0 saturated heterocycles. The molecule has 0 aliphatic rings. The molecule has 0 amide bonds. The van der Waals surface area contributed by atoms with Crippen LogP contribution in [-0.4, -0.2) is 6.04 Å². The van der Waals surface area contributed by atoms with Crippen LogP contribution in [0.4, 0.5) is 0 Å². The molecule has 108 valence electrons. The third-order valence-electron chi connectivity index (χ3n) is 3.43. The second kappa shape index (κ2) is 7.03. The van der Waals surface area contributed by atoms with E-state index in [4.69, 9.17) is 0 Å². The van der Waals surface area contributed by atoms with Crippen molar-refractivity contribution in [3.05, 3.63) is 69.7 Å². The van der Waals surface area contributed by atoms with Gasteiger partial charge in [0.05, 0.1) is 0 Å². The minimum atomic E-state index is 0.505. The molecule has 0 fully saturated rings. The molecule has 2 heterocycles. The Kier molecular flexibility index (Phi) is 4.86. The molecule has 1 nitrogen and oxygen atoms in total. The van der Waals surface area contributed by atoms with E-state index < -0.39 is 0 Å². The standard InChI is InChI=1S/C18H19NS2/c1-14(12-16-8-5-11-20-16)19-13-17-9-10-18(21-17)15-6-3-2-4-7-15/h2-11,14,19H,12-13H2,1H3. The lowest BCUT2D eigenvalue weighted by molar-refractivity contribution is 0.552. The second-order valence-corrected chi connectivity index (χ2v) is 7.40. The zero-order chi connectivity index (χ0) is 14.5. The smallest absolute Gasteiger partial charge is 0.0346 e. The Morgan fingerprint density at radius 2 is 1.81 bits per heavy atom. The van der Waals surface area contributed by atoms with Gasteiger partial charge < -0.3 is 5.32 Å². The van der Waals surface area contributed by atoms with Crippen LogP contribution in [0.2, 0.25) is 0 Å². The minimum absolute atomic E-state index is 0.505. The zero-order valence-electron chi connectivity index (χ0n) is 12.1. The van der Waals surface area contributed by atoms with Gasteiger partial charge in [-0.1, -0.05) is 36.4 Å². The molecule has 0 radical (unpaired) electrons. The average molecular weight is 313 g/mol. The van der Waals surface area contributed by atoms with Crippen molar-refractivity contribution in [2.75, 3.05) is 0 Å². The summed E-state index contributed by atoms with van der Waals surface area (Å²) in [6, 6.07) is 19.9. The molecule has 0 saturated carbocycles. The summed E-state index contributed by atoms with van der Waals surface area (Å²) >= 11 is 3.71. The Labute approximate surface area is 134 Å². The summed E-state index contributed by atoms with van der Waals surface area (Å²) < 4.78 is 0. The van der Waals surface area contributed by atoms with Crippen LogP contribution >= 0.6 is 22.7 Å². The van der Waals surface area contributed by atoms with Crippen LogP contribution in [0, 0.1) is 0 Å². The van der Waals surface area contributed by atoms with Gasteiger partial charge >= 0.3 is 0 Å². The fourth-order valence-electron chi connectivity index (χ4n) is 2.31. The van der Waals surface area contributed by atoms with Crippen molar-refractivity contribution in [2.45, 2.75) is 25.9 Å². The third-order valence-corrected chi connectivity index (χ3v) is 5.47. The van der Waals surface area contributed by atoms with Crippen molar-refractivity contribution < 1.29 is 0 Å². The van der Waals surface area contributed by atoms with Gasteiger partial charge in [-0.25, -0.2) is 0 Å². The highest BCUT2D eigenvalue weighted by atomic mass is 32.1. The molecular formula is C18H19NS2. The van der Waals surface area contributed by atoms with Crippen molar-refractivity contribution >= 4 is 22.7 Å². The summed E-state index contributed by atoms with van der Waals surface area (Å²) in [5, 5.41) is 5.77. The van der Waals surface area contributed by atoms with Gasteiger partial charge in [0, 0.05) is 27.2 Å². The van der Waals surface area contributed by atoms with Crippen LogP contribution in [0.3, 0.4) is 0 Å². The van der Waals surface area contributed by atoms with Gasteiger partial charge in [-0.2, -0.15) is 0 Å². The number of benzene rings is 1. The van der Waals surface area contributed by atoms with E-state index in [1.54, 1.807) is 0 Å².